The van der Waals surface area contributed by atoms with Crippen LogP contribution in [0.5, 0.6) is 0 Å². The fraction of sp³-hybridized carbons (Fsp3) is 0.400. The third-order valence-corrected chi connectivity index (χ3v) is 2.71. The molecule has 0 bridgehead atoms. The molecule has 1 aromatic rings. The topological polar surface area (TPSA) is 77.2 Å². The Bertz CT molecular complexity index is 454. The quantitative estimate of drug-likeness (QED) is 0.640. The van der Waals surface area contributed by atoms with E-state index in [0.29, 0.717) is 0 Å². The number of anilines is 2. The normalized spacial score (nSPS) is 11.2. The van der Waals surface area contributed by atoms with Crippen LogP contribution in [0.1, 0.15) is 10.4 Å². The Morgan fingerprint density at radius 1 is 1.58 bits per heavy atom. The number of hydrogen-bond donors (Lipinski definition) is 2. The first-order valence-electron chi connectivity index (χ1n) is 5.12. The number of methoxy groups -OCH3 is 1. The number of carbonyl (C=O) groups excluding carboxylic acids is 1. The van der Waals surface area contributed by atoms with E-state index < -0.39 is 11.5 Å². The minimum absolute atomic E-state index is 0.00505. The van der Waals surface area contributed by atoms with E-state index in [2.05, 4.69) is 15.0 Å². The highest BCUT2D eigenvalue weighted by Crippen LogP contribution is 2.29. The van der Waals surface area contributed by atoms with Crippen molar-refractivity contribution in [2.45, 2.75) is 5.51 Å². The monoisotopic (exact) mass is 295 g/mol. The van der Waals surface area contributed by atoms with Gasteiger partial charge in [-0.25, -0.2) is 9.78 Å². The highest BCUT2D eigenvalue weighted by Gasteiger charge is 2.27. The number of ether oxygens (including phenoxy) is 1. The lowest BCUT2D eigenvalue weighted by Gasteiger charge is -2.10. The van der Waals surface area contributed by atoms with Crippen molar-refractivity contribution in [2.75, 3.05) is 30.5 Å². The molecule has 0 fully saturated rings. The Balaban J connectivity index is 2.65. The maximum absolute atomic E-state index is 11.9. The zero-order chi connectivity index (χ0) is 14.5. The van der Waals surface area contributed by atoms with Gasteiger partial charge < -0.3 is 15.8 Å². The zero-order valence-corrected chi connectivity index (χ0v) is 10.8. The minimum atomic E-state index is -4.28. The molecule has 0 aliphatic heterocycles. The number of esters is 1. The van der Waals surface area contributed by atoms with E-state index in [9.17, 15) is 18.0 Å². The van der Waals surface area contributed by atoms with E-state index in [-0.39, 0.29) is 41.1 Å². The average Bonchev–Trinajstić information content (AvgIpc) is 2.33. The second kappa shape index (κ2) is 6.50. The number of nitrogens with two attached hydrogens (primary N) is 1. The molecule has 0 aliphatic rings. The molecule has 0 aromatic carbocycles. The van der Waals surface area contributed by atoms with Crippen LogP contribution in [0.2, 0.25) is 0 Å². The summed E-state index contributed by atoms with van der Waals surface area (Å²) in [5.41, 5.74) is 1.55. The second-order valence-corrected chi connectivity index (χ2v) is 4.54. The van der Waals surface area contributed by atoms with Gasteiger partial charge in [-0.2, -0.15) is 13.2 Å². The predicted octanol–water partition coefficient (Wildman–Crippen LogP) is 2.12. The van der Waals surface area contributed by atoms with Crippen LogP contribution in [0.4, 0.5) is 24.7 Å². The van der Waals surface area contributed by atoms with Crippen molar-refractivity contribution >= 4 is 29.2 Å². The van der Waals surface area contributed by atoms with E-state index in [1.807, 2.05) is 0 Å². The zero-order valence-electron chi connectivity index (χ0n) is 9.95. The molecule has 3 N–H and O–H groups in total. The Kier molecular flexibility index (Phi) is 5.28. The summed E-state index contributed by atoms with van der Waals surface area (Å²) in [4.78, 5) is 15.3. The van der Waals surface area contributed by atoms with E-state index >= 15 is 0 Å². The first-order chi connectivity index (χ1) is 8.83. The summed E-state index contributed by atoms with van der Waals surface area (Å²) in [5, 5.41) is 2.64. The van der Waals surface area contributed by atoms with Crippen LogP contribution in [0.15, 0.2) is 12.3 Å². The van der Waals surface area contributed by atoms with Crippen molar-refractivity contribution in [3.8, 4) is 0 Å². The number of nitrogens with one attached hydrogen (secondary N) is 1. The molecule has 5 nitrogen and oxygen atoms in total. The van der Waals surface area contributed by atoms with Gasteiger partial charge in [0.05, 0.1) is 19.0 Å². The van der Waals surface area contributed by atoms with Gasteiger partial charge in [-0.05, 0) is 17.8 Å². The number of aromatic nitrogens is 1. The van der Waals surface area contributed by atoms with Crippen LogP contribution >= 0.6 is 11.8 Å². The van der Waals surface area contributed by atoms with Gasteiger partial charge in [-0.15, -0.1) is 0 Å². The maximum atomic E-state index is 11.9. The molecule has 0 radical (unpaired) electrons. The Hall–Kier alpha value is -1.64. The molecule has 0 amide bonds. The number of hydrogen-bond acceptors (Lipinski definition) is 6. The number of nitrogens with zero attached hydrogens (tertiary/aromatic N) is 1. The molecule has 0 aliphatic carbocycles. The van der Waals surface area contributed by atoms with Gasteiger partial charge in [0.2, 0.25) is 0 Å². The lowest BCUT2D eigenvalue weighted by molar-refractivity contribution is -0.0327. The van der Waals surface area contributed by atoms with Crippen molar-refractivity contribution < 1.29 is 22.7 Å². The predicted molar refractivity (Wildman–Crippen MR) is 67.0 cm³/mol. The van der Waals surface area contributed by atoms with Crippen LogP contribution in [-0.4, -0.2) is 35.9 Å². The summed E-state index contributed by atoms with van der Waals surface area (Å²) >= 11 is -0.155. The third-order valence-electron chi connectivity index (χ3n) is 1.97. The molecule has 0 spiro atoms. The summed E-state index contributed by atoms with van der Waals surface area (Å²) in [7, 11) is 1.19. The SMILES string of the molecule is COC(=O)c1cc(N)cnc1NCCSC(F)(F)F. The molecule has 9 heteroatoms. The van der Waals surface area contributed by atoms with E-state index in [1.165, 1.54) is 19.4 Å². The highest BCUT2D eigenvalue weighted by atomic mass is 32.2. The summed E-state index contributed by atoms with van der Waals surface area (Å²) in [5.74, 6) is -0.717. The number of thioether (sulfide) groups is 1. The molecule has 1 rings (SSSR count). The van der Waals surface area contributed by atoms with Gasteiger partial charge in [-0.1, -0.05) is 0 Å². The second-order valence-electron chi connectivity index (χ2n) is 3.38. The van der Waals surface area contributed by atoms with Gasteiger partial charge in [0.1, 0.15) is 11.4 Å². The molecule has 0 unspecified atom stereocenters. The third kappa shape index (κ3) is 5.25. The van der Waals surface area contributed by atoms with Gasteiger partial charge in [0.15, 0.2) is 0 Å². The van der Waals surface area contributed by atoms with Crippen molar-refractivity contribution in [3.63, 3.8) is 0 Å². The van der Waals surface area contributed by atoms with Crippen molar-refractivity contribution in [1.82, 2.24) is 4.98 Å². The summed E-state index contributed by atoms with van der Waals surface area (Å²) < 4.78 is 40.3. The largest absolute Gasteiger partial charge is 0.465 e. The van der Waals surface area contributed by atoms with Gasteiger partial charge in [-0.3, -0.25) is 0 Å². The van der Waals surface area contributed by atoms with E-state index in [4.69, 9.17) is 5.73 Å². The first kappa shape index (κ1) is 15.4. The number of halogens is 3. The molecule has 106 valence electrons. The first-order valence-corrected chi connectivity index (χ1v) is 6.10. The smallest absolute Gasteiger partial charge is 0.441 e. The minimum Gasteiger partial charge on any atom is -0.465 e. The standard InChI is InChI=1S/C10H12F3N3O2S/c1-18-9(17)7-4-6(14)5-16-8(7)15-2-3-19-10(11,12)13/h4-5H,2-3,14H2,1H3,(H,15,16). The van der Waals surface area contributed by atoms with Crippen LogP contribution in [0.3, 0.4) is 0 Å². The van der Waals surface area contributed by atoms with Crippen molar-refractivity contribution in [3.05, 3.63) is 17.8 Å². The summed E-state index contributed by atoms with van der Waals surface area (Å²) in [6.07, 6.45) is 1.30. The highest BCUT2D eigenvalue weighted by molar-refractivity contribution is 8.00. The lowest BCUT2D eigenvalue weighted by Crippen LogP contribution is -2.14. The van der Waals surface area contributed by atoms with E-state index in [0.717, 1.165) is 0 Å². The lowest BCUT2D eigenvalue weighted by atomic mass is 10.2. The molecule has 19 heavy (non-hydrogen) atoms. The van der Waals surface area contributed by atoms with Crippen molar-refractivity contribution in [2.24, 2.45) is 0 Å². The molecule has 0 saturated heterocycles. The molecule has 1 aromatic heterocycles. The van der Waals surface area contributed by atoms with Crippen LogP contribution < -0.4 is 11.1 Å². The van der Waals surface area contributed by atoms with Gasteiger partial charge >= 0.3 is 11.5 Å². The Labute approximate surface area is 111 Å². The van der Waals surface area contributed by atoms with Crippen LogP contribution in [0, 0.1) is 0 Å². The number of alkyl halides is 3. The fourth-order valence-corrected chi connectivity index (χ4v) is 1.66. The van der Waals surface area contributed by atoms with Crippen LogP contribution in [0.25, 0.3) is 0 Å². The summed E-state index contributed by atoms with van der Waals surface area (Å²) in [6.45, 7) is 0.00505. The van der Waals surface area contributed by atoms with E-state index in [1.54, 1.807) is 0 Å². The molecular weight excluding hydrogens is 283 g/mol. The fourth-order valence-electron chi connectivity index (χ4n) is 1.22. The summed E-state index contributed by atoms with van der Waals surface area (Å²) in [6, 6.07) is 1.35. The molecule has 1 heterocycles. The maximum Gasteiger partial charge on any atom is 0.441 e. The number of carbonyl (C=O) groups is 1. The average molecular weight is 295 g/mol. The number of rotatable bonds is 5. The Morgan fingerprint density at radius 2 is 2.26 bits per heavy atom. The molecular formula is C10H12F3N3O2S. The van der Waals surface area contributed by atoms with Gasteiger partial charge in [0.25, 0.3) is 0 Å². The van der Waals surface area contributed by atoms with Crippen LogP contribution in [-0.2, 0) is 4.74 Å². The number of nitrogen functional groups attached to an aromatic ring is 1. The molecule has 0 saturated carbocycles. The Morgan fingerprint density at radius 3 is 2.84 bits per heavy atom. The van der Waals surface area contributed by atoms with Crippen molar-refractivity contribution in [1.29, 1.82) is 0 Å². The number of pyridine rings is 1. The van der Waals surface area contributed by atoms with Gasteiger partial charge in [0, 0.05) is 12.3 Å². The molecule has 0 atom stereocenters.